The molecule has 104 valence electrons. The summed E-state index contributed by atoms with van der Waals surface area (Å²) in [6.07, 6.45) is 4.57. The number of carbonyl (C=O) groups excluding carboxylic acids is 1. The predicted octanol–water partition coefficient (Wildman–Crippen LogP) is 1.76. The summed E-state index contributed by atoms with van der Waals surface area (Å²) in [5.41, 5.74) is 0.899. The third kappa shape index (κ3) is 2.54. The van der Waals surface area contributed by atoms with E-state index in [1.54, 1.807) is 11.3 Å². The highest BCUT2D eigenvalue weighted by Gasteiger charge is 2.42. The maximum atomic E-state index is 12.5. The minimum absolute atomic E-state index is 0.217. The van der Waals surface area contributed by atoms with E-state index in [0.717, 1.165) is 36.4 Å². The number of thiazole rings is 1. The monoisotopic (exact) mass is 280 g/mol. The zero-order valence-electron chi connectivity index (χ0n) is 11.2. The van der Waals surface area contributed by atoms with Gasteiger partial charge in [0.1, 0.15) is 0 Å². The molecule has 0 saturated carbocycles. The summed E-state index contributed by atoms with van der Waals surface area (Å²) in [6.45, 7) is 2.23. The van der Waals surface area contributed by atoms with Crippen LogP contribution in [0.2, 0.25) is 0 Å². The first-order chi connectivity index (χ1) is 9.17. The molecule has 1 unspecified atom stereocenters. The molecule has 4 nitrogen and oxygen atoms in total. The molecule has 3 atom stereocenters. The minimum atomic E-state index is 0.217. The maximum Gasteiger partial charge on any atom is 0.229 e. The van der Waals surface area contributed by atoms with E-state index in [-0.39, 0.29) is 12.5 Å². The number of aryl methyl sites for hydroxylation is 1. The Morgan fingerprint density at radius 2 is 2.16 bits per heavy atom. The van der Waals surface area contributed by atoms with E-state index in [0.29, 0.717) is 24.4 Å². The van der Waals surface area contributed by atoms with Gasteiger partial charge in [0.25, 0.3) is 0 Å². The molecule has 1 aromatic rings. The first kappa shape index (κ1) is 13.1. The van der Waals surface area contributed by atoms with E-state index >= 15 is 0 Å². The Balaban J connectivity index is 1.68. The fourth-order valence-corrected chi connectivity index (χ4v) is 4.19. The predicted molar refractivity (Wildman–Crippen MR) is 74.0 cm³/mol. The van der Waals surface area contributed by atoms with Crippen molar-refractivity contribution in [1.82, 2.24) is 9.88 Å². The van der Waals surface area contributed by atoms with Gasteiger partial charge >= 0.3 is 0 Å². The number of piperidine rings is 1. The van der Waals surface area contributed by atoms with Crippen LogP contribution in [0.3, 0.4) is 0 Å². The molecule has 0 aromatic carbocycles. The van der Waals surface area contributed by atoms with Crippen LogP contribution in [0, 0.1) is 12.8 Å². The van der Waals surface area contributed by atoms with E-state index in [1.807, 2.05) is 12.3 Å². The summed E-state index contributed by atoms with van der Waals surface area (Å²) in [5.74, 6) is 0.609. The van der Waals surface area contributed by atoms with Crippen LogP contribution in [-0.2, 0) is 11.2 Å². The maximum absolute atomic E-state index is 12.5. The number of amides is 1. The molecule has 1 N–H and O–H groups in total. The van der Waals surface area contributed by atoms with Crippen molar-refractivity contribution in [3.8, 4) is 0 Å². The lowest BCUT2D eigenvalue weighted by Gasteiger charge is -2.38. The minimum Gasteiger partial charge on any atom is -0.396 e. The summed E-state index contributed by atoms with van der Waals surface area (Å²) < 4.78 is 0. The van der Waals surface area contributed by atoms with E-state index in [4.69, 9.17) is 0 Å². The van der Waals surface area contributed by atoms with Crippen molar-refractivity contribution in [2.45, 2.75) is 51.1 Å². The van der Waals surface area contributed by atoms with Crippen molar-refractivity contribution in [1.29, 1.82) is 0 Å². The molecule has 2 aliphatic heterocycles. The van der Waals surface area contributed by atoms with Crippen LogP contribution in [-0.4, -0.2) is 39.6 Å². The Labute approximate surface area is 117 Å². The molecule has 2 saturated heterocycles. The lowest BCUT2D eigenvalue weighted by atomic mass is 9.91. The zero-order chi connectivity index (χ0) is 13.4. The Kier molecular flexibility index (Phi) is 3.58. The number of aliphatic hydroxyl groups excluding tert-OH is 1. The van der Waals surface area contributed by atoms with Crippen LogP contribution < -0.4 is 0 Å². The molecule has 2 fully saturated rings. The van der Waals surface area contributed by atoms with Gasteiger partial charge in [-0.25, -0.2) is 4.98 Å². The van der Waals surface area contributed by atoms with Crippen molar-refractivity contribution < 1.29 is 9.90 Å². The number of aliphatic hydroxyl groups is 1. The van der Waals surface area contributed by atoms with Gasteiger partial charge in [-0.3, -0.25) is 4.79 Å². The van der Waals surface area contributed by atoms with Crippen LogP contribution in [0.1, 0.15) is 36.4 Å². The van der Waals surface area contributed by atoms with E-state index in [2.05, 4.69) is 9.88 Å². The van der Waals surface area contributed by atoms with Crippen molar-refractivity contribution >= 4 is 17.2 Å². The highest BCUT2D eigenvalue weighted by atomic mass is 32.1. The molecule has 2 aliphatic rings. The summed E-state index contributed by atoms with van der Waals surface area (Å²) in [6, 6.07) is 0.700. The fraction of sp³-hybridized carbons (Fsp3) is 0.714. The first-order valence-corrected chi connectivity index (χ1v) is 7.88. The van der Waals surface area contributed by atoms with Crippen LogP contribution in [0.5, 0.6) is 0 Å². The summed E-state index contributed by atoms with van der Waals surface area (Å²) in [4.78, 5) is 18.9. The molecule has 5 heteroatoms. The van der Waals surface area contributed by atoms with Gasteiger partial charge in [0.15, 0.2) is 0 Å². The number of fused-ring (bicyclic) bond motifs is 2. The Morgan fingerprint density at radius 3 is 2.68 bits per heavy atom. The number of aromatic nitrogens is 1. The second-order valence-corrected chi connectivity index (χ2v) is 6.80. The zero-order valence-corrected chi connectivity index (χ0v) is 12.0. The molecule has 0 spiro atoms. The molecule has 19 heavy (non-hydrogen) atoms. The topological polar surface area (TPSA) is 53.4 Å². The summed E-state index contributed by atoms with van der Waals surface area (Å²) >= 11 is 1.60. The molecule has 1 aromatic heterocycles. The molecule has 3 rings (SSSR count). The first-order valence-electron chi connectivity index (χ1n) is 7.00. The van der Waals surface area contributed by atoms with Gasteiger partial charge in [-0.05, 0) is 38.5 Å². The molecular weight excluding hydrogens is 260 g/mol. The quantitative estimate of drug-likeness (QED) is 0.918. The number of hydrogen-bond acceptors (Lipinski definition) is 4. The Hall–Kier alpha value is -0.940. The number of rotatable bonds is 3. The summed E-state index contributed by atoms with van der Waals surface area (Å²) in [7, 11) is 0. The molecule has 0 radical (unpaired) electrons. The fourth-order valence-electron chi connectivity index (χ4n) is 3.58. The third-order valence-electron chi connectivity index (χ3n) is 4.38. The van der Waals surface area contributed by atoms with E-state index in [9.17, 15) is 9.90 Å². The highest BCUT2D eigenvalue weighted by molar-refractivity contribution is 7.09. The van der Waals surface area contributed by atoms with Crippen molar-refractivity contribution in [2.24, 2.45) is 5.92 Å². The lowest BCUT2D eigenvalue weighted by molar-refractivity contribution is -0.136. The molecule has 1 amide bonds. The Bertz CT molecular complexity index is 460. The van der Waals surface area contributed by atoms with Crippen molar-refractivity contribution in [2.75, 3.05) is 6.61 Å². The average Bonchev–Trinajstić information content (AvgIpc) is 2.91. The van der Waals surface area contributed by atoms with Gasteiger partial charge < -0.3 is 10.0 Å². The average molecular weight is 280 g/mol. The SMILES string of the molecule is Cc1nc(CC(=O)N2[C@@H]3CC[C@H]2CC(CO)C3)cs1. The van der Waals surface area contributed by atoms with Gasteiger partial charge in [-0.1, -0.05) is 0 Å². The highest BCUT2D eigenvalue weighted by Crippen LogP contribution is 2.38. The smallest absolute Gasteiger partial charge is 0.229 e. The third-order valence-corrected chi connectivity index (χ3v) is 5.20. The van der Waals surface area contributed by atoms with Crippen LogP contribution >= 0.6 is 11.3 Å². The van der Waals surface area contributed by atoms with Gasteiger partial charge in [0, 0.05) is 24.1 Å². The van der Waals surface area contributed by atoms with Crippen molar-refractivity contribution in [3.63, 3.8) is 0 Å². The number of nitrogens with zero attached hydrogens (tertiary/aromatic N) is 2. The van der Waals surface area contributed by atoms with Gasteiger partial charge in [-0.15, -0.1) is 11.3 Å². The number of hydrogen-bond donors (Lipinski definition) is 1. The normalized spacial score (nSPS) is 29.8. The Morgan fingerprint density at radius 1 is 1.47 bits per heavy atom. The molecular formula is C14H20N2O2S. The van der Waals surface area contributed by atoms with E-state index < -0.39 is 0 Å². The summed E-state index contributed by atoms with van der Waals surface area (Å²) in [5, 5.41) is 12.3. The molecule has 3 heterocycles. The van der Waals surface area contributed by atoms with Crippen LogP contribution in [0.4, 0.5) is 0 Å². The van der Waals surface area contributed by atoms with Gasteiger partial charge in [0.05, 0.1) is 17.1 Å². The second-order valence-electron chi connectivity index (χ2n) is 5.74. The lowest BCUT2D eigenvalue weighted by Crippen LogP contribution is -2.47. The number of carbonyl (C=O) groups is 1. The molecule has 2 bridgehead atoms. The van der Waals surface area contributed by atoms with Crippen LogP contribution in [0.15, 0.2) is 5.38 Å². The molecule has 0 aliphatic carbocycles. The second kappa shape index (κ2) is 5.21. The van der Waals surface area contributed by atoms with Gasteiger partial charge in [-0.2, -0.15) is 0 Å². The van der Waals surface area contributed by atoms with Gasteiger partial charge in [0.2, 0.25) is 5.91 Å². The van der Waals surface area contributed by atoms with Crippen LogP contribution in [0.25, 0.3) is 0 Å². The standard InChI is InChI=1S/C14H20N2O2S/c1-9-15-11(8-19-9)6-14(18)16-12-2-3-13(16)5-10(4-12)7-17/h8,10,12-13,17H,2-7H2,1H3/t10?,12-,13+. The van der Waals surface area contributed by atoms with E-state index in [1.165, 1.54) is 0 Å². The van der Waals surface area contributed by atoms with Crippen molar-refractivity contribution in [3.05, 3.63) is 16.1 Å². The largest absolute Gasteiger partial charge is 0.396 e.